The quantitative estimate of drug-likeness (QED) is 0.607. The minimum Gasteiger partial charge on any atom is -0.493 e. The van der Waals surface area contributed by atoms with Crippen molar-refractivity contribution < 1.29 is 23.5 Å². The fourth-order valence-corrected chi connectivity index (χ4v) is 2.82. The van der Waals surface area contributed by atoms with E-state index in [1.54, 1.807) is 12.1 Å². The van der Waals surface area contributed by atoms with Crippen LogP contribution in [0.2, 0.25) is 5.02 Å². The van der Waals surface area contributed by atoms with E-state index in [0.29, 0.717) is 27.8 Å². The van der Waals surface area contributed by atoms with Crippen LogP contribution in [-0.4, -0.2) is 24.5 Å². The monoisotopic (exact) mass is 402 g/mol. The normalized spacial score (nSPS) is 15.8. The van der Waals surface area contributed by atoms with E-state index in [1.807, 2.05) is 6.92 Å². The smallest absolute Gasteiger partial charge is 0.336 e. The molecule has 1 fully saturated rings. The van der Waals surface area contributed by atoms with E-state index in [4.69, 9.17) is 16.3 Å². The number of ether oxygens (including phenoxy) is 1. The van der Waals surface area contributed by atoms with Gasteiger partial charge in [-0.1, -0.05) is 30.7 Å². The highest BCUT2D eigenvalue weighted by atomic mass is 35.5. The van der Waals surface area contributed by atoms with Crippen molar-refractivity contribution in [3.8, 4) is 5.75 Å². The average molecular weight is 403 g/mol. The summed E-state index contributed by atoms with van der Waals surface area (Å²) in [5.74, 6) is -2.17. The van der Waals surface area contributed by atoms with E-state index in [0.717, 1.165) is 12.5 Å². The molecule has 1 saturated heterocycles. The SMILES string of the molecule is CCCOc1ccc(Cl)cc1/C=C1/C(=O)NC(=O)N(c2ccccc2F)C1=O. The number of anilines is 1. The van der Waals surface area contributed by atoms with Crippen LogP contribution < -0.4 is 15.0 Å². The van der Waals surface area contributed by atoms with Crippen LogP contribution in [0.4, 0.5) is 14.9 Å². The molecule has 28 heavy (non-hydrogen) atoms. The predicted octanol–water partition coefficient (Wildman–Crippen LogP) is 3.93. The lowest BCUT2D eigenvalue weighted by molar-refractivity contribution is -0.122. The van der Waals surface area contributed by atoms with Gasteiger partial charge in [-0.2, -0.15) is 0 Å². The Bertz CT molecular complexity index is 990. The van der Waals surface area contributed by atoms with Crippen molar-refractivity contribution in [1.29, 1.82) is 0 Å². The number of amides is 4. The van der Waals surface area contributed by atoms with Crippen molar-refractivity contribution in [2.24, 2.45) is 0 Å². The molecule has 2 aromatic carbocycles. The predicted molar refractivity (Wildman–Crippen MR) is 103 cm³/mol. The van der Waals surface area contributed by atoms with Gasteiger partial charge in [0.25, 0.3) is 11.8 Å². The first-order chi connectivity index (χ1) is 13.4. The molecule has 1 heterocycles. The zero-order valence-electron chi connectivity index (χ0n) is 14.9. The van der Waals surface area contributed by atoms with Crippen LogP contribution in [-0.2, 0) is 9.59 Å². The van der Waals surface area contributed by atoms with Gasteiger partial charge in [0.15, 0.2) is 0 Å². The maximum atomic E-state index is 14.1. The Kier molecular flexibility index (Phi) is 5.75. The molecule has 1 N–H and O–H groups in total. The first kappa shape index (κ1) is 19.6. The minimum atomic E-state index is -1.02. The number of nitrogens with one attached hydrogen (secondary N) is 1. The molecule has 8 heteroatoms. The number of carbonyl (C=O) groups is 3. The summed E-state index contributed by atoms with van der Waals surface area (Å²) < 4.78 is 19.7. The standard InChI is InChI=1S/C20H16ClFN2O4/c1-2-9-28-17-8-7-13(21)10-12(17)11-14-18(25)23-20(27)24(19(14)26)16-6-4-3-5-15(16)22/h3-8,10-11H,2,9H2,1H3,(H,23,25,27)/b14-11-. The van der Waals surface area contributed by atoms with Crippen LogP contribution in [0.1, 0.15) is 18.9 Å². The number of benzene rings is 2. The van der Waals surface area contributed by atoms with Gasteiger partial charge in [0, 0.05) is 10.6 Å². The van der Waals surface area contributed by atoms with E-state index in [9.17, 15) is 18.8 Å². The Hall–Kier alpha value is -3.19. The highest BCUT2D eigenvalue weighted by Gasteiger charge is 2.38. The summed E-state index contributed by atoms with van der Waals surface area (Å²) in [5.41, 5.74) is -0.203. The van der Waals surface area contributed by atoms with Crippen LogP contribution >= 0.6 is 11.6 Å². The Morgan fingerprint density at radius 3 is 2.64 bits per heavy atom. The van der Waals surface area contributed by atoms with Gasteiger partial charge in [-0.05, 0) is 42.8 Å². The van der Waals surface area contributed by atoms with Crippen LogP contribution in [0.15, 0.2) is 48.0 Å². The van der Waals surface area contributed by atoms with Gasteiger partial charge in [-0.3, -0.25) is 14.9 Å². The van der Waals surface area contributed by atoms with Gasteiger partial charge in [0.2, 0.25) is 0 Å². The number of rotatable bonds is 5. The summed E-state index contributed by atoms with van der Waals surface area (Å²) in [6.07, 6.45) is 2.03. The van der Waals surface area contributed by atoms with E-state index >= 15 is 0 Å². The summed E-state index contributed by atoms with van der Waals surface area (Å²) in [4.78, 5) is 37.9. The number of imide groups is 2. The number of para-hydroxylation sites is 1. The molecule has 0 saturated carbocycles. The topological polar surface area (TPSA) is 75.7 Å². The van der Waals surface area contributed by atoms with Gasteiger partial charge < -0.3 is 4.74 Å². The number of carbonyl (C=O) groups excluding carboxylic acids is 3. The van der Waals surface area contributed by atoms with Crippen molar-refractivity contribution in [1.82, 2.24) is 5.32 Å². The summed E-state index contributed by atoms with van der Waals surface area (Å²) in [6.45, 7) is 2.36. The third-order valence-corrected chi connectivity index (χ3v) is 4.16. The zero-order valence-corrected chi connectivity index (χ0v) is 15.6. The highest BCUT2D eigenvalue weighted by Crippen LogP contribution is 2.28. The van der Waals surface area contributed by atoms with Crippen molar-refractivity contribution in [2.45, 2.75) is 13.3 Å². The lowest BCUT2D eigenvalue weighted by atomic mass is 10.1. The lowest BCUT2D eigenvalue weighted by Gasteiger charge is -2.26. The summed E-state index contributed by atoms with van der Waals surface area (Å²) >= 11 is 6.03. The molecule has 1 aliphatic rings. The molecule has 4 amide bonds. The second kappa shape index (κ2) is 8.22. The number of halogens is 2. The fourth-order valence-electron chi connectivity index (χ4n) is 2.64. The Morgan fingerprint density at radius 1 is 1.18 bits per heavy atom. The third-order valence-electron chi connectivity index (χ3n) is 3.93. The zero-order chi connectivity index (χ0) is 20.3. The van der Waals surface area contributed by atoms with Gasteiger partial charge in [0.05, 0.1) is 12.3 Å². The highest BCUT2D eigenvalue weighted by molar-refractivity contribution is 6.39. The van der Waals surface area contributed by atoms with Gasteiger partial charge in [0.1, 0.15) is 17.1 Å². The van der Waals surface area contributed by atoms with E-state index in [1.165, 1.54) is 30.3 Å². The first-order valence-electron chi connectivity index (χ1n) is 8.50. The molecular formula is C20H16ClFN2O4. The van der Waals surface area contributed by atoms with Crippen LogP contribution in [0.3, 0.4) is 0 Å². The number of hydrogen-bond donors (Lipinski definition) is 1. The van der Waals surface area contributed by atoms with Crippen molar-refractivity contribution in [3.63, 3.8) is 0 Å². The first-order valence-corrected chi connectivity index (χ1v) is 8.88. The number of nitrogens with zero attached hydrogens (tertiary/aromatic N) is 1. The fraction of sp³-hybridized carbons (Fsp3) is 0.150. The maximum absolute atomic E-state index is 14.1. The summed E-state index contributed by atoms with van der Waals surface area (Å²) in [5, 5.41) is 2.43. The molecule has 0 radical (unpaired) electrons. The van der Waals surface area contributed by atoms with E-state index in [2.05, 4.69) is 5.32 Å². The molecule has 0 aliphatic carbocycles. The van der Waals surface area contributed by atoms with Crippen LogP contribution in [0.25, 0.3) is 6.08 Å². The van der Waals surface area contributed by atoms with Crippen LogP contribution in [0, 0.1) is 5.82 Å². The number of hydrogen-bond acceptors (Lipinski definition) is 4. The third kappa shape index (κ3) is 3.89. The van der Waals surface area contributed by atoms with E-state index in [-0.39, 0.29) is 11.3 Å². The Labute approximate surface area is 165 Å². The molecule has 0 atom stereocenters. The van der Waals surface area contributed by atoms with Gasteiger partial charge in [-0.25, -0.2) is 14.1 Å². The lowest BCUT2D eigenvalue weighted by Crippen LogP contribution is -2.54. The summed E-state index contributed by atoms with van der Waals surface area (Å²) in [7, 11) is 0. The van der Waals surface area contributed by atoms with E-state index < -0.39 is 23.7 Å². The molecule has 0 unspecified atom stereocenters. The molecule has 0 spiro atoms. The number of barbiturate groups is 1. The van der Waals surface area contributed by atoms with Crippen molar-refractivity contribution >= 4 is 41.2 Å². The Balaban J connectivity index is 2.05. The molecule has 0 aromatic heterocycles. The molecule has 144 valence electrons. The van der Waals surface area contributed by atoms with Gasteiger partial charge >= 0.3 is 6.03 Å². The van der Waals surface area contributed by atoms with Gasteiger partial charge in [-0.15, -0.1) is 0 Å². The summed E-state index contributed by atoms with van der Waals surface area (Å²) in [6, 6.07) is 9.04. The largest absolute Gasteiger partial charge is 0.493 e. The molecule has 6 nitrogen and oxygen atoms in total. The molecular weight excluding hydrogens is 387 g/mol. The second-order valence-corrected chi connectivity index (χ2v) is 6.38. The molecule has 1 aliphatic heterocycles. The molecule has 2 aromatic rings. The molecule has 0 bridgehead atoms. The van der Waals surface area contributed by atoms with Crippen molar-refractivity contribution in [3.05, 3.63) is 64.4 Å². The number of urea groups is 1. The van der Waals surface area contributed by atoms with Crippen molar-refractivity contribution in [2.75, 3.05) is 11.5 Å². The molecule has 3 rings (SSSR count). The second-order valence-electron chi connectivity index (χ2n) is 5.94. The Morgan fingerprint density at radius 2 is 1.93 bits per heavy atom. The minimum absolute atomic E-state index is 0.253. The van der Waals surface area contributed by atoms with Crippen LogP contribution in [0.5, 0.6) is 5.75 Å². The average Bonchev–Trinajstić information content (AvgIpc) is 2.66. The maximum Gasteiger partial charge on any atom is 0.336 e.